The van der Waals surface area contributed by atoms with Gasteiger partial charge in [-0.15, -0.1) is 11.8 Å². The predicted molar refractivity (Wildman–Crippen MR) is 77.8 cm³/mol. The average molecular weight is 296 g/mol. The van der Waals surface area contributed by atoms with E-state index in [1.807, 2.05) is 24.3 Å². The van der Waals surface area contributed by atoms with Crippen molar-refractivity contribution < 1.29 is 9.84 Å². The largest absolute Gasteiger partial charge is 0.474 e. The van der Waals surface area contributed by atoms with Crippen LogP contribution in [0.3, 0.4) is 0 Å². The van der Waals surface area contributed by atoms with Gasteiger partial charge in [0.15, 0.2) is 0 Å². The molecule has 2 rings (SSSR count). The summed E-state index contributed by atoms with van der Waals surface area (Å²) in [7, 11) is 0. The van der Waals surface area contributed by atoms with Crippen LogP contribution >= 0.6 is 23.4 Å². The summed E-state index contributed by atoms with van der Waals surface area (Å²) in [6, 6.07) is 12.0. The first-order chi connectivity index (χ1) is 9.29. The van der Waals surface area contributed by atoms with Crippen LogP contribution in [-0.2, 0) is 5.75 Å². The van der Waals surface area contributed by atoms with Gasteiger partial charge >= 0.3 is 0 Å². The minimum Gasteiger partial charge on any atom is -0.474 e. The molecule has 1 aromatic carbocycles. The Hall–Kier alpha value is -1.23. The molecule has 5 heteroatoms. The summed E-state index contributed by atoms with van der Waals surface area (Å²) in [4.78, 5) is 5.02. The van der Waals surface area contributed by atoms with Gasteiger partial charge in [0.2, 0.25) is 5.88 Å². The topological polar surface area (TPSA) is 42.4 Å². The van der Waals surface area contributed by atoms with E-state index in [1.165, 1.54) is 5.56 Å². The van der Waals surface area contributed by atoms with Crippen LogP contribution in [-0.4, -0.2) is 23.3 Å². The molecule has 0 fully saturated rings. The zero-order valence-corrected chi connectivity index (χ0v) is 11.8. The molecule has 0 saturated heterocycles. The molecule has 0 unspecified atom stereocenters. The van der Waals surface area contributed by atoms with Crippen molar-refractivity contribution in [3.8, 4) is 5.88 Å². The standard InChI is InChI=1S/C14H14ClNO2S/c15-12-8-13(14(16-9-12)18-7-6-17)19-10-11-4-2-1-3-5-11/h1-5,8-9,17H,6-7,10H2. The van der Waals surface area contributed by atoms with Crippen LogP contribution in [0.2, 0.25) is 5.02 Å². The lowest BCUT2D eigenvalue weighted by Crippen LogP contribution is -2.04. The molecule has 100 valence electrons. The summed E-state index contributed by atoms with van der Waals surface area (Å²) >= 11 is 7.56. The first-order valence-corrected chi connectivity index (χ1v) is 7.22. The van der Waals surface area contributed by atoms with Crippen molar-refractivity contribution in [1.29, 1.82) is 0 Å². The Kier molecular flexibility index (Phi) is 5.51. The van der Waals surface area contributed by atoms with E-state index >= 15 is 0 Å². The summed E-state index contributed by atoms with van der Waals surface area (Å²) in [6.07, 6.45) is 1.54. The molecular weight excluding hydrogens is 282 g/mol. The summed E-state index contributed by atoms with van der Waals surface area (Å²) in [5.41, 5.74) is 1.22. The zero-order valence-electron chi connectivity index (χ0n) is 10.3. The second kappa shape index (κ2) is 7.38. The van der Waals surface area contributed by atoms with Gasteiger partial charge in [0.25, 0.3) is 0 Å². The third kappa shape index (κ3) is 4.42. The quantitative estimate of drug-likeness (QED) is 0.830. The lowest BCUT2D eigenvalue weighted by molar-refractivity contribution is 0.193. The van der Waals surface area contributed by atoms with Crippen LogP contribution in [0.15, 0.2) is 47.5 Å². The van der Waals surface area contributed by atoms with E-state index in [1.54, 1.807) is 18.0 Å². The Morgan fingerprint density at radius 2 is 2.05 bits per heavy atom. The summed E-state index contributed by atoms with van der Waals surface area (Å²) < 4.78 is 5.39. The number of benzene rings is 1. The molecule has 0 bridgehead atoms. The number of rotatable bonds is 6. The van der Waals surface area contributed by atoms with Gasteiger partial charge < -0.3 is 9.84 Å². The van der Waals surface area contributed by atoms with E-state index in [2.05, 4.69) is 17.1 Å². The number of aromatic nitrogens is 1. The molecule has 1 N–H and O–H groups in total. The van der Waals surface area contributed by atoms with Crippen molar-refractivity contribution in [2.24, 2.45) is 0 Å². The van der Waals surface area contributed by atoms with E-state index in [0.717, 1.165) is 10.6 Å². The van der Waals surface area contributed by atoms with Crippen LogP contribution in [0, 0.1) is 0 Å². The monoisotopic (exact) mass is 295 g/mol. The maximum atomic E-state index is 8.80. The molecular formula is C14H14ClNO2S. The molecule has 0 aliphatic heterocycles. The molecule has 0 radical (unpaired) electrons. The number of aliphatic hydroxyl groups excluding tert-OH is 1. The van der Waals surface area contributed by atoms with Gasteiger partial charge in [0.05, 0.1) is 16.5 Å². The Morgan fingerprint density at radius 3 is 2.79 bits per heavy atom. The fourth-order valence-electron chi connectivity index (χ4n) is 1.50. The van der Waals surface area contributed by atoms with Crippen molar-refractivity contribution in [1.82, 2.24) is 4.98 Å². The van der Waals surface area contributed by atoms with Crippen molar-refractivity contribution in [3.63, 3.8) is 0 Å². The van der Waals surface area contributed by atoms with E-state index in [0.29, 0.717) is 10.9 Å². The molecule has 1 aromatic heterocycles. The fourth-order valence-corrected chi connectivity index (χ4v) is 2.68. The van der Waals surface area contributed by atoms with Gasteiger partial charge in [-0.1, -0.05) is 41.9 Å². The van der Waals surface area contributed by atoms with Crippen molar-refractivity contribution in [3.05, 3.63) is 53.2 Å². The maximum Gasteiger partial charge on any atom is 0.227 e. The Bertz CT molecular complexity index is 522. The third-order valence-corrected chi connectivity index (χ3v) is 3.64. The van der Waals surface area contributed by atoms with E-state index in [4.69, 9.17) is 21.4 Å². The smallest absolute Gasteiger partial charge is 0.227 e. The summed E-state index contributed by atoms with van der Waals surface area (Å²) in [5.74, 6) is 1.33. The van der Waals surface area contributed by atoms with Gasteiger partial charge in [-0.05, 0) is 11.6 Å². The van der Waals surface area contributed by atoms with E-state index < -0.39 is 0 Å². The lowest BCUT2D eigenvalue weighted by Gasteiger charge is -2.09. The van der Waals surface area contributed by atoms with Gasteiger partial charge in [-0.3, -0.25) is 0 Å². The van der Waals surface area contributed by atoms with Crippen molar-refractivity contribution >= 4 is 23.4 Å². The minimum atomic E-state index is -0.0346. The molecule has 0 spiro atoms. The highest BCUT2D eigenvalue weighted by Crippen LogP contribution is 2.32. The van der Waals surface area contributed by atoms with Crippen molar-refractivity contribution in [2.45, 2.75) is 10.6 Å². The van der Waals surface area contributed by atoms with E-state index in [-0.39, 0.29) is 13.2 Å². The van der Waals surface area contributed by atoms with Gasteiger partial charge in [-0.25, -0.2) is 4.98 Å². The van der Waals surface area contributed by atoms with Crippen LogP contribution < -0.4 is 4.74 Å². The molecule has 0 saturated carbocycles. The van der Waals surface area contributed by atoms with Gasteiger partial charge in [-0.2, -0.15) is 0 Å². The van der Waals surface area contributed by atoms with Crippen LogP contribution in [0.5, 0.6) is 5.88 Å². The molecule has 2 aromatic rings. The zero-order chi connectivity index (χ0) is 13.5. The van der Waals surface area contributed by atoms with Crippen LogP contribution in [0.25, 0.3) is 0 Å². The average Bonchev–Trinajstić information content (AvgIpc) is 2.45. The van der Waals surface area contributed by atoms with E-state index in [9.17, 15) is 0 Å². The summed E-state index contributed by atoms with van der Waals surface area (Å²) in [6.45, 7) is 0.195. The Labute approximate surface area is 121 Å². The highest BCUT2D eigenvalue weighted by atomic mass is 35.5. The maximum absolute atomic E-state index is 8.80. The highest BCUT2D eigenvalue weighted by molar-refractivity contribution is 7.98. The lowest BCUT2D eigenvalue weighted by atomic mass is 10.2. The number of ether oxygens (including phenoxy) is 1. The number of hydrogen-bond acceptors (Lipinski definition) is 4. The summed E-state index contributed by atoms with van der Waals surface area (Å²) in [5, 5.41) is 9.37. The molecule has 0 aliphatic rings. The number of nitrogens with zero attached hydrogens (tertiary/aromatic N) is 1. The first-order valence-electron chi connectivity index (χ1n) is 5.85. The molecule has 1 heterocycles. The minimum absolute atomic E-state index is 0.0346. The SMILES string of the molecule is OCCOc1ncc(Cl)cc1SCc1ccccc1. The van der Waals surface area contributed by atoms with Crippen molar-refractivity contribution in [2.75, 3.05) is 13.2 Å². The molecule has 0 atom stereocenters. The number of aliphatic hydroxyl groups is 1. The Morgan fingerprint density at radius 1 is 1.26 bits per heavy atom. The number of pyridine rings is 1. The van der Waals surface area contributed by atoms with Crippen LogP contribution in [0.1, 0.15) is 5.56 Å². The number of thioether (sulfide) groups is 1. The normalized spacial score (nSPS) is 10.4. The van der Waals surface area contributed by atoms with Gasteiger partial charge in [0, 0.05) is 11.9 Å². The molecule has 3 nitrogen and oxygen atoms in total. The molecule has 0 aliphatic carbocycles. The van der Waals surface area contributed by atoms with Crippen LogP contribution in [0.4, 0.5) is 0 Å². The predicted octanol–water partition coefficient (Wildman–Crippen LogP) is 3.40. The first kappa shape index (κ1) is 14.2. The third-order valence-electron chi connectivity index (χ3n) is 2.35. The Balaban J connectivity index is 2.07. The molecule has 0 amide bonds. The second-order valence-electron chi connectivity index (χ2n) is 3.80. The van der Waals surface area contributed by atoms with Gasteiger partial charge in [0.1, 0.15) is 6.61 Å². The second-order valence-corrected chi connectivity index (χ2v) is 5.26. The molecule has 19 heavy (non-hydrogen) atoms. The number of hydrogen-bond donors (Lipinski definition) is 1. The highest BCUT2D eigenvalue weighted by Gasteiger charge is 2.07. The number of halogens is 1. The fraction of sp³-hybridized carbons (Fsp3) is 0.214.